The van der Waals surface area contributed by atoms with Gasteiger partial charge < -0.3 is 14.3 Å². The molecule has 1 N–H and O–H groups in total. The summed E-state index contributed by atoms with van der Waals surface area (Å²) >= 11 is 0. The minimum atomic E-state index is 0.233. The van der Waals surface area contributed by atoms with Gasteiger partial charge in [0.2, 0.25) is 0 Å². The van der Waals surface area contributed by atoms with Crippen LogP contribution < -0.4 is 5.32 Å². The third-order valence-corrected chi connectivity index (χ3v) is 3.94. The Kier molecular flexibility index (Phi) is 3.87. The van der Waals surface area contributed by atoms with Crippen molar-refractivity contribution in [2.24, 2.45) is 0 Å². The van der Waals surface area contributed by atoms with Gasteiger partial charge >= 0.3 is 0 Å². The lowest BCUT2D eigenvalue weighted by molar-refractivity contribution is 0.409. The molecule has 0 saturated carbocycles. The fourth-order valence-corrected chi connectivity index (χ4v) is 2.71. The summed E-state index contributed by atoms with van der Waals surface area (Å²) in [4.78, 5) is 0. The van der Waals surface area contributed by atoms with Gasteiger partial charge in [-0.15, -0.1) is 10.2 Å². The minimum Gasteiger partial charge on any atom is -0.464 e. The Morgan fingerprint density at radius 1 is 1.40 bits per heavy atom. The highest BCUT2D eigenvalue weighted by molar-refractivity contribution is 5.10. The summed E-state index contributed by atoms with van der Waals surface area (Å²) in [5.41, 5.74) is 0. The van der Waals surface area contributed by atoms with Crippen LogP contribution in [0.3, 0.4) is 0 Å². The molecule has 108 valence electrons. The highest BCUT2D eigenvalue weighted by Crippen LogP contribution is 2.17. The van der Waals surface area contributed by atoms with Crippen LogP contribution in [0, 0.1) is 0 Å². The predicted octanol–water partition coefficient (Wildman–Crippen LogP) is 2.27. The fourth-order valence-electron chi connectivity index (χ4n) is 2.71. The Morgan fingerprint density at radius 3 is 3.10 bits per heavy atom. The second-order valence-corrected chi connectivity index (χ2v) is 5.37. The lowest BCUT2D eigenvalue weighted by Crippen LogP contribution is -2.22. The molecule has 5 nitrogen and oxygen atoms in total. The molecule has 2 aromatic rings. The van der Waals surface area contributed by atoms with Crippen molar-refractivity contribution in [2.75, 3.05) is 6.54 Å². The predicted molar refractivity (Wildman–Crippen MR) is 76.6 cm³/mol. The van der Waals surface area contributed by atoms with Crippen LogP contribution >= 0.6 is 0 Å². The van der Waals surface area contributed by atoms with Gasteiger partial charge in [-0.1, -0.05) is 6.92 Å². The third kappa shape index (κ3) is 2.63. The summed E-state index contributed by atoms with van der Waals surface area (Å²) in [5.74, 6) is 4.30. The number of aryl methyl sites for hydroxylation is 2. The number of nitrogens with zero attached hydrogens (tertiary/aromatic N) is 3. The molecule has 0 aromatic carbocycles. The van der Waals surface area contributed by atoms with E-state index in [0.717, 1.165) is 55.5 Å². The van der Waals surface area contributed by atoms with Gasteiger partial charge in [0.15, 0.2) is 0 Å². The number of nitrogens with one attached hydrogen (secondary N) is 1. The Bertz CT molecular complexity index is 572. The first-order valence-corrected chi connectivity index (χ1v) is 7.51. The summed E-state index contributed by atoms with van der Waals surface area (Å²) in [6.07, 6.45) is 4.13. The molecule has 1 aliphatic rings. The van der Waals surface area contributed by atoms with Crippen molar-refractivity contribution in [3.63, 3.8) is 0 Å². The van der Waals surface area contributed by atoms with Gasteiger partial charge in [0.1, 0.15) is 23.2 Å². The molecule has 5 heteroatoms. The van der Waals surface area contributed by atoms with Gasteiger partial charge in [0.25, 0.3) is 0 Å². The van der Waals surface area contributed by atoms with E-state index < -0.39 is 0 Å². The molecule has 0 fully saturated rings. The van der Waals surface area contributed by atoms with Crippen molar-refractivity contribution in [3.05, 3.63) is 35.3 Å². The molecule has 0 amide bonds. The minimum absolute atomic E-state index is 0.233. The Labute approximate surface area is 119 Å². The van der Waals surface area contributed by atoms with E-state index in [2.05, 4.69) is 46.1 Å². The second-order valence-electron chi connectivity index (χ2n) is 5.37. The number of hydrogen-bond donors (Lipinski definition) is 1. The smallest absolute Gasteiger partial charge is 0.134 e. The zero-order valence-corrected chi connectivity index (χ0v) is 12.2. The highest BCUT2D eigenvalue weighted by atomic mass is 16.3. The first kappa shape index (κ1) is 13.4. The van der Waals surface area contributed by atoms with Crippen molar-refractivity contribution in [3.8, 4) is 0 Å². The highest BCUT2D eigenvalue weighted by Gasteiger charge is 2.17. The quantitative estimate of drug-likeness (QED) is 0.878. The van der Waals surface area contributed by atoms with Gasteiger partial charge in [0.05, 0.1) is 6.04 Å². The summed E-state index contributed by atoms with van der Waals surface area (Å²) in [7, 11) is 0. The molecule has 0 bridgehead atoms. The summed E-state index contributed by atoms with van der Waals surface area (Å²) in [5, 5.41) is 12.0. The SMILES string of the molecule is CCc1ccc(C(C)NCCc2nnc3n2CCC3)o1. The van der Waals surface area contributed by atoms with Crippen LogP contribution in [0.4, 0.5) is 0 Å². The number of furan rings is 1. The summed E-state index contributed by atoms with van der Waals surface area (Å²) in [6, 6.07) is 4.35. The van der Waals surface area contributed by atoms with Crippen LogP contribution in [0.5, 0.6) is 0 Å². The van der Waals surface area contributed by atoms with Gasteiger partial charge in [-0.25, -0.2) is 0 Å². The van der Waals surface area contributed by atoms with Crippen molar-refractivity contribution in [2.45, 2.75) is 52.1 Å². The topological polar surface area (TPSA) is 55.9 Å². The zero-order valence-electron chi connectivity index (χ0n) is 12.2. The second kappa shape index (κ2) is 5.79. The standard InChI is InChI=1S/C15H22N4O/c1-3-12-6-7-13(20-12)11(2)16-9-8-15-18-17-14-5-4-10-19(14)15/h6-7,11,16H,3-5,8-10H2,1-2H3. The molecular weight excluding hydrogens is 252 g/mol. The number of aromatic nitrogens is 3. The molecule has 0 aliphatic carbocycles. The number of rotatable bonds is 6. The van der Waals surface area contributed by atoms with Gasteiger partial charge in [-0.3, -0.25) is 0 Å². The maximum absolute atomic E-state index is 5.76. The van der Waals surface area contributed by atoms with Crippen LogP contribution in [0.1, 0.15) is 49.5 Å². The lowest BCUT2D eigenvalue weighted by Gasteiger charge is -2.11. The maximum Gasteiger partial charge on any atom is 0.134 e. The van der Waals surface area contributed by atoms with Crippen molar-refractivity contribution < 1.29 is 4.42 Å². The van der Waals surface area contributed by atoms with Crippen molar-refractivity contribution >= 4 is 0 Å². The number of hydrogen-bond acceptors (Lipinski definition) is 4. The molecule has 0 radical (unpaired) electrons. The van der Waals surface area contributed by atoms with Crippen molar-refractivity contribution in [1.82, 2.24) is 20.1 Å². The molecule has 20 heavy (non-hydrogen) atoms. The fraction of sp³-hybridized carbons (Fsp3) is 0.600. The molecule has 1 atom stereocenters. The summed E-state index contributed by atoms with van der Waals surface area (Å²) in [6.45, 7) is 6.20. The van der Waals surface area contributed by atoms with E-state index in [4.69, 9.17) is 4.42 Å². The Morgan fingerprint density at radius 2 is 2.30 bits per heavy atom. The molecule has 3 rings (SSSR count). The van der Waals surface area contributed by atoms with E-state index >= 15 is 0 Å². The molecular formula is C15H22N4O. The van der Waals surface area contributed by atoms with Gasteiger partial charge in [-0.2, -0.15) is 0 Å². The van der Waals surface area contributed by atoms with Crippen LogP contribution in [0.2, 0.25) is 0 Å². The zero-order chi connectivity index (χ0) is 13.9. The van der Waals surface area contributed by atoms with E-state index in [1.807, 2.05) is 0 Å². The Hall–Kier alpha value is -1.62. The van der Waals surface area contributed by atoms with Gasteiger partial charge in [0, 0.05) is 32.4 Å². The monoisotopic (exact) mass is 274 g/mol. The molecule has 1 aliphatic heterocycles. The summed E-state index contributed by atoms with van der Waals surface area (Å²) < 4.78 is 8.02. The van der Waals surface area contributed by atoms with E-state index in [-0.39, 0.29) is 6.04 Å². The average Bonchev–Trinajstić information content (AvgIpc) is 3.15. The molecule has 0 saturated heterocycles. The molecule has 3 heterocycles. The van der Waals surface area contributed by atoms with E-state index in [0.29, 0.717) is 0 Å². The average molecular weight is 274 g/mol. The van der Waals surface area contributed by atoms with Crippen LogP contribution in [0.15, 0.2) is 16.5 Å². The number of fused-ring (bicyclic) bond motifs is 1. The maximum atomic E-state index is 5.76. The van der Waals surface area contributed by atoms with Crippen molar-refractivity contribution in [1.29, 1.82) is 0 Å². The largest absolute Gasteiger partial charge is 0.464 e. The lowest BCUT2D eigenvalue weighted by atomic mass is 10.2. The molecule has 1 unspecified atom stereocenters. The Balaban J connectivity index is 1.52. The first-order valence-electron chi connectivity index (χ1n) is 7.51. The van der Waals surface area contributed by atoms with Crippen LogP contribution in [-0.4, -0.2) is 21.3 Å². The van der Waals surface area contributed by atoms with Gasteiger partial charge in [-0.05, 0) is 25.5 Å². The normalized spacial score (nSPS) is 15.5. The molecule has 2 aromatic heterocycles. The third-order valence-electron chi connectivity index (χ3n) is 3.94. The first-order chi connectivity index (χ1) is 9.78. The molecule has 0 spiro atoms. The van der Waals surface area contributed by atoms with Crippen LogP contribution in [-0.2, 0) is 25.8 Å². The van der Waals surface area contributed by atoms with E-state index in [1.54, 1.807) is 0 Å². The van der Waals surface area contributed by atoms with Crippen LogP contribution in [0.25, 0.3) is 0 Å². The van der Waals surface area contributed by atoms with E-state index in [9.17, 15) is 0 Å². The van der Waals surface area contributed by atoms with E-state index in [1.165, 1.54) is 6.42 Å².